The van der Waals surface area contributed by atoms with Crippen molar-refractivity contribution in [3.8, 4) is 0 Å². The predicted molar refractivity (Wildman–Crippen MR) is 48.0 cm³/mol. The molecule has 1 amide bonds. The van der Waals surface area contributed by atoms with Gasteiger partial charge in [-0.15, -0.1) is 0 Å². The zero-order valence-corrected chi connectivity index (χ0v) is 11.4. The maximum atomic E-state index is 10.8. The van der Waals surface area contributed by atoms with Crippen LogP contribution in [0.3, 0.4) is 0 Å². The normalized spacial score (nSPS) is 9.85. The molecule has 5 heteroatoms. The molecule has 1 radical (unpaired) electrons. The van der Waals surface area contributed by atoms with Gasteiger partial charge in [0.15, 0.2) is 0 Å². The summed E-state index contributed by atoms with van der Waals surface area (Å²) in [7, 11) is 1.75. The van der Waals surface area contributed by atoms with E-state index in [0.29, 0.717) is 0 Å². The number of hydrogen-bond donors (Lipinski definition) is 2. The Morgan fingerprint density at radius 2 is 1.92 bits per heavy atom. The molecule has 75 valence electrons. The van der Waals surface area contributed by atoms with Crippen LogP contribution in [0.5, 0.6) is 0 Å². The third kappa shape index (κ3) is 15.0. The van der Waals surface area contributed by atoms with Crippen LogP contribution in [0.1, 0.15) is 20.8 Å². The van der Waals surface area contributed by atoms with E-state index in [1.54, 1.807) is 27.4 Å². The van der Waals surface area contributed by atoms with Gasteiger partial charge >= 0.3 is 0 Å². The Kier molecular flexibility index (Phi) is 21.4. The van der Waals surface area contributed by atoms with Gasteiger partial charge in [0.1, 0.15) is 0 Å². The van der Waals surface area contributed by atoms with Crippen molar-refractivity contribution < 1.29 is 42.3 Å². The van der Waals surface area contributed by atoms with Gasteiger partial charge in [0.2, 0.25) is 5.91 Å². The molecule has 0 saturated carbocycles. The van der Waals surface area contributed by atoms with E-state index in [1.807, 2.05) is 0 Å². The van der Waals surface area contributed by atoms with E-state index < -0.39 is 0 Å². The van der Waals surface area contributed by atoms with Gasteiger partial charge in [-0.1, -0.05) is 0 Å². The minimum atomic E-state index is -0.110. The maximum Gasteiger partial charge on any atom is 0.207 e. The summed E-state index contributed by atoms with van der Waals surface area (Å²) >= 11 is 0. The molecular formula is C8H16N2O2Y-2. The molecule has 0 aliphatic rings. The smallest absolute Gasteiger partial charge is 0.207 e. The van der Waals surface area contributed by atoms with E-state index in [-0.39, 0.29) is 44.7 Å². The maximum absolute atomic E-state index is 10.8. The molecule has 0 saturated heterocycles. The number of carbonyl (C=O) groups excluding carboxylic acids is 2. The molecule has 0 aromatic rings. The van der Waals surface area contributed by atoms with Crippen LogP contribution < -0.4 is 10.6 Å². The first-order valence-corrected chi connectivity index (χ1v) is 3.68. The van der Waals surface area contributed by atoms with E-state index in [0.717, 1.165) is 0 Å². The van der Waals surface area contributed by atoms with Crippen molar-refractivity contribution in [2.75, 3.05) is 7.05 Å². The second-order valence-corrected chi connectivity index (χ2v) is 2.01. The standard InChI is InChI=1S/C6H13N2O.C2H3O.Y/c1-4-8-6(9)5(2)7-3;1-2-3;/h4-5,7H,1-3H3,(H,8,9);1H3;/q2*-1;. The molecule has 0 fully saturated rings. The summed E-state index contributed by atoms with van der Waals surface area (Å²) in [5.74, 6) is 0.000000000000000222. The molecule has 13 heavy (non-hydrogen) atoms. The third-order valence-electron chi connectivity index (χ3n) is 1.11. The van der Waals surface area contributed by atoms with Gasteiger partial charge < -0.3 is 15.4 Å². The van der Waals surface area contributed by atoms with Crippen LogP contribution in [0, 0.1) is 6.54 Å². The van der Waals surface area contributed by atoms with Gasteiger partial charge in [0.05, 0.1) is 6.04 Å². The number of rotatable bonds is 3. The molecule has 0 bridgehead atoms. The average molecular weight is 261 g/mol. The first kappa shape index (κ1) is 18.9. The van der Waals surface area contributed by atoms with Crippen LogP contribution in [-0.2, 0) is 42.3 Å². The van der Waals surface area contributed by atoms with Gasteiger partial charge in [-0.3, -0.25) is 11.1 Å². The fourth-order valence-electron chi connectivity index (χ4n) is 0.398. The molecular weight excluding hydrogens is 245 g/mol. The van der Waals surface area contributed by atoms with Crippen LogP contribution in [0.2, 0.25) is 0 Å². The van der Waals surface area contributed by atoms with E-state index in [1.165, 1.54) is 13.2 Å². The fourth-order valence-corrected chi connectivity index (χ4v) is 0.398. The number of hydrogen-bond acceptors (Lipinski definition) is 3. The zero-order valence-electron chi connectivity index (χ0n) is 8.55. The molecule has 0 aromatic carbocycles. The number of nitrogens with one attached hydrogen (secondary N) is 2. The van der Waals surface area contributed by atoms with Crippen molar-refractivity contribution in [2.24, 2.45) is 0 Å². The summed E-state index contributed by atoms with van der Waals surface area (Å²) in [6, 6.07) is -0.110. The molecule has 0 rings (SSSR count). The molecule has 1 atom stereocenters. The van der Waals surface area contributed by atoms with Gasteiger partial charge in [-0.2, -0.15) is 13.8 Å². The molecule has 1 unspecified atom stereocenters. The molecule has 2 N–H and O–H groups in total. The number of likely N-dealkylation sites (N-methyl/N-ethyl adjacent to an activating group) is 1. The Balaban J connectivity index is -0.000000220. The first-order valence-electron chi connectivity index (χ1n) is 3.68. The molecule has 0 heterocycles. The molecule has 0 aliphatic carbocycles. The monoisotopic (exact) mass is 261 g/mol. The predicted octanol–water partition coefficient (Wildman–Crippen LogP) is 0.00569. The molecule has 0 aromatic heterocycles. The summed E-state index contributed by atoms with van der Waals surface area (Å²) in [6.07, 6.45) is 1.50. The minimum absolute atomic E-state index is 0. The summed E-state index contributed by atoms with van der Waals surface area (Å²) < 4.78 is 0. The number of carbonyl (C=O) groups is 1. The number of amides is 1. The van der Waals surface area contributed by atoms with Crippen molar-refractivity contribution in [1.29, 1.82) is 0 Å². The summed E-state index contributed by atoms with van der Waals surface area (Å²) in [4.78, 5) is 19.4. The van der Waals surface area contributed by atoms with Crippen LogP contribution >= 0.6 is 0 Å². The quantitative estimate of drug-likeness (QED) is 0.703. The topological polar surface area (TPSA) is 58.2 Å². The Morgan fingerprint density at radius 1 is 1.54 bits per heavy atom. The van der Waals surface area contributed by atoms with Crippen molar-refractivity contribution in [2.45, 2.75) is 26.8 Å². The van der Waals surface area contributed by atoms with E-state index >= 15 is 0 Å². The van der Waals surface area contributed by atoms with Crippen molar-refractivity contribution >= 4 is 12.2 Å². The van der Waals surface area contributed by atoms with Gasteiger partial charge in [0, 0.05) is 32.7 Å². The second kappa shape index (κ2) is 14.7. The molecule has 0 aliphatic heterocycles. The summed E-state index contributed by atoms with van der Waals surface area (Å²) in [6.45, 7) is 6.52. The second-order valence-electron chi connectivity index (χ2n) is 2.01. The Labute approximate surface area is 105 Å². The van der Waals surface area contributed by atoms with E-state index in [2.05, 4.69) is 10.6 Å². The van der Waals surface area contributed by atoms with Gasteiger partial charge in [-0.25, -0.2) is 6.54 Å². The zero-order chi connectivity index (χ0) is 9.98. The van der Waals surface area contributed by atoms with Crippen molar-refractivity contribution in [3.05, 3.63) is 6.54 Å². The summed E-state index contributed by atoms with van der Waals surface area (Å²) in [5.41, 5.74) is 0. The van der Waals surface area contributed by atoms with Crippen LogP contribution in [0.4, 0.5) is 0 Å². The van der Waals surface area contributed by atoms with Crippen molar-refractivity contribution in [1.82, 2.24) is 10.6 Å². The van der Waals surface area contributed by atoms with E-state index in [4.69, 9.17) is 4.79 Å². The Morgan fingerprint density at radius 3 is 2.15 bits per heavy atom. The first-order chi connectivity index (χ1) is 5.63. The van der Waals surface area contributed by atoms with Gasteiger partial charge in [-0.05, 0) is 14.0 Å². The van der Waals surface area contributed by atoms with Gasteiger partial charge in [0.25, 0.3) is 0 Å². The largest absolute Gasteiger partial charge is 0.542 e. The third-order valence-corrected chi connectivity index (χ3v) is 1.11. The summed E-state index contributed by atoms with van der Waals surface area (Å²) in [5, 5.41) is 5.39. The average Bonchev–Trinajstić information content (AvgIpc) is 2.05. The van der Waals surface area contributed by atoms with Crippen LogP contribution in [-0.4, -0.2) is 25.3 Å². The molecule has 4 nitrogen and oxygen atoms in total. The van der Waals surface area contributed by atoms with E-state index in [9.17, 15) is 4.79 Å². The van der Waals surface area contributed by atoms with Crippen LogP contribution in [0.15, 0.2) is 0 Å². The van der Waals surface area contributed by atoms with Crippen molar-refractivity contribution in [3.63, 3.8) is 0 Å². The fraction of sp³-hybridized carbons (Fsp3) is 0.625. The Bertz CT molecular complexity index is 131. The minimum Gasteiger partial charge on any atom is -0.542 e. The SMILES string of the molecule is C[C-]=O.C[CH-]NC(=O)C(C)NC.[Y]. The Hall–Kier alpha value is 0.204. The molecule has 0 spiro atoms. The van der Waals surface area contributed by atoms with Crippen LogP contribution in [0.25, 0.3) is 0 Å².